The molecule has 1 saturated heterocycles. The minimum atomic E-state index is 0.503. The Morgan fingerprint density at radius 1 is 1.20 bits per heavy atom. The third-order valence-electron chi connectivity index (χ3n) is 5.46. The Morgan fingerprint density at radius 2 is 2.04 bits per heavy atom. The van der Waals surface area contributed by atoms with Crippen LogP contribution in [0.15, 0.2) is 18.5 Å². The van der Waals surface area contributed by atoms with E-state index < -0.39 is 0 Å². The SMILES string of the molecule is C[C@@H](Cn1ccnc1-c1cc2n(n1)CCCNC2)N1CCN(C)CC1. The molecule has 0 unspecified atom stereocenters. The lowest BCUT2D eigenvalue weighted by molar-refractivity contribution is 0.111. The molecule has 4 heterocycles. The summed E-state index contributed by atoms with van der Waals surface area (Å²) in [5, 5.41) is 8.27. The molecule has 2 aromatic rings. The Morgan fingerprint density at radius 3 is 2.88 bits per heavy atom. The summed E-state index contributed by atoms with van der Waals surface area (Å²) >= 11 is 0. The summed E-state index contributed by atoms with van der Waals surface area (Å²) < 4.78 is 4.40. The highest BCUT2D eigenvalue weighted by Gasteiger charge is 2.21. The maximum Gasteiger partial charge on any atom is 0.160 e. The van der Waals surface area contributed by atoms with Gasteiger partial charge in [-0.1, -0.05) is 0 Å². The average Bonchev–Trinajstić information content (AvgIpc) is 3.17. The fraction of sp³-hybridized carbons (Fsp3) is 0.667. The lowest BCUT2D eigenvalue weighted by Gasteiger charge is -2.36. The largest absolute Gasteiger partial charge is 0.328 e. The van der Waals surface area contributed by atoms with E-state index in [1.54, 1.807) is 0 Å². The van der Waals surface area contributed by atoms with Crippen molar-refractivity contribution >= 4 is 0 Å². The first-order valence-corrected chi connectivity index (χ1v) is 9.42. The first-order chi connectivity index (χ1) is 12.2. The zero-order chi connectivity index (χ0) is 17.2. The van der Waals surface area contributed by atoms with Crippen LogP contribution in [0.4, 0.5) is 0 Å². The van der Waals surface area contributed by atoms with Crippen LogP contribution in [-0.4, -0.2) is 74.9 Å². The van der Waals surface area contributed by atoms with Gasteiger partial charge in [0, 0.05) is 64.2 Å². The number of hydrogen-bond donors (Lipinski definition) is 1. The molecular weight excluding hydrogens is 314 g/mol. The highest BCUT2D eigenvalue weighted by atomic mass is 15.3. The van der Waals surface area contributed by atoms with Gasteiger partial charge in [0.05, 0.1) is 5.69 Å². The van der Waals surface area contributed by atoms with E-state index in [1.165, 1.54) is 5.69 Å². The molecule has 25 heavy (non-hydrogen) atoms. The predicted octanol–water partition coefficient (Wildman–Crippen LogP) is 0.876. The zero-order valence-corrected chi connectivity index (χ0v) is 15.4. The number of aromatic nitrogens is 4. The van der Waals surface area contributed by atoms with Crippen LogP contribution in [0.1, 0.15) is 19.0 Å². The van der Waals surface area contributed by atoms with E-state index in [1.807, 2.05) is 6.20 Å². The monoisotopic (exact) mass is 343 g/mol. The molecule has 136 valence electrons. The molecule has 2 aromatic heterocycles. The predicted molar refractivity (Wildman–Crippen MR) is 98.3 cm³/mol. The maximum atomic E-state index is 4.82. The summed E-state index contributed by atoms with van der Waals surface area (Å²) in [5.74, 6) is 0.988. The van der Waals surface area contributed by atoms with Crippen molar-refractivity contribution in [1.29, 1.82) is 0 Å². The minimum absolute atomic E-state index is 0.503. The number of hydrogen-bond acceptors (Lipinski definition) is 5. The lowest BCUT2D eigenvalue weighted by Crippen LogP contribution is -2.49. The Labute approximate surface area is 149 Å². The van der Waals surface area contributed by atoms with Gasteiger partial charge in [-0.3, -0.25) is 9.58 Å². The third-order valence-corrected chi connectivity index (χ3v) is 5.46. The molecule has 0 amide bonds. The Bertz CT molecular complexity index is 673. The fourth-order valence-electron chi connectivity index (χ4n) is 3.82. The summed E-state index contributed by atoms with van der Waals surface area (Å²) in [6, 6.07) is 2.70. The molecule has 0 bridgehead atoms. The van der Waals surface area contributed by atoms with Crippen molar-refractivity contribution in [3.05, 3.63) is 24.2 Å². The summed E-state index contributed by atoms with van der Waals surface area (Å²) in [7, 11) is 2.20. The Kier molecular flexibility index (Phi) is 4.87. The van der Waals surface area contributed by atoms with Crippen LogP contribution in [0.25, 0.3) is 11.5 Å². The quantitative estimate of drug-likeness (QED) is 0.893. The van der Waals surface area contributed by atoms with Crippen molar-refractivity contribution in [3.63, 3.8) is 0 Å². The number of piperazine rings is 1. The molecule has 0 radical (unpaired) electrons. The van der Waals surface area contributed by atoms with Crippen molar-refractivity contribution in [2.24, 2.45) is 0 Å². The fourth-order valence-corrected chi connectivity index (χ4v) is 3.82. The van der Waals surface area contributed by atoms with Gasteiger partial charge in [-0.15, -0.1) is 0 Å². The number of likely N-dealkylation sites (N-methyl/N-ethyl adjacent to an activating group) is 1. The summed E-state index contributed by atoms with van der Waals surface area (Å²) in [4.78, 5) is 9.58. The van der Waals surface area contributed by atoms with E-state index in [2.05, 4.69) is 55.6 Å². The van der Waals surface area contributed by atoms with Crippen LogP contribution < -0.4 is 5.32 Å². The van der Waals surface area contributed by atoms with Crippen molar-refractivity contribution in [1.82, 2.24) is 34.4 Å². The standard InChI is InChI=1S/C18H29N7/c1-15(23-10-8-22(2)9-11-23)14-24-7-5-20-18(24)17-12-16-13-19-4-3-6-25(16)21-17/h5,7,12,15,19H,3-4,6,8-11,13-14H2,1-2H3/t15-/m0/s1. The van der Waals surface area contributed by atoms with Crippen molar-refractivity contribution in [2.75, 3.05) is 39.8 Å². The number of aryl methyl sites for hydroxylation is 1. The first kappa shape index (κ1) is 16.8. The summed E-state index contributed by atoms with van der Waals surface area (Å²) in [6.07, 6.45) is 5.11. The maximum absolute atomic E-state index is 4.82. The van der Waals surface area contributed by atoms with Gasteiger partial charge < -0.3 is 14.8 Å². The van der Waals surface area contributed by atoms with Crippen LogP contribution >= 0.6 is 0 Å². The third kappa shape index (κ3) is 3.63. The van der Waals surface area contributed by atoms with E-state index >= 15 is 0 Å². The minimum Gasteiger partial charge on any atom is -0.328 e. The Balaban J connectivity index is 1.49. The normalized spacial score (nSPS) is 21.0. The van der Waals surface area contributed by atoms with Crippen LogP contribution in [0, 0.1) is 0 Å². The molecule has 7 heteroatoms. The summed E-state index contributed by atoms with van der Waals surface area (Å²) in [5.41, 5.74) is 2.25. The van der Waals surface area contributed by atoms with Gasteiger partial charge in [0.1, 0.15) is 5.69 Å². The smallest absolute Gasteiger partial charge is 0.160 e. The molecule has 7 nitrogen and oxygen atoms in total. The second-order valence-electron chi connectivity index (χ2n) is 7.37. The molecule has 1 atom stereocenters. The van der Waals surface area contributed by atoms with Gasteiger partial charge in [0.2, 0.25) is 0 Å². The van der Waals surface area contributed by atoms with Gasteiger partial charge in [-0.05, 0) is 33.0 Å². The van der Waals surface area contributed by atoms with Gasteiger partial charge in [0.15, 0.2) is 5.82 Å². The number of nitrogens with zero attached hydrogens (tertiary/aromatic N) is 6. The lowest BCUT2D eigenvalue weighted by atomic mass is 10.2. The van der Waals surface area contributed by atoms with Crippen molar-refractivity contribution in [3.8, 4) is 11.5 Å². The molecule has 0 aliphatic carbocycles. The average molecular weight is 343 g/mol. The van der Waals surface area contributed by atoms with Crippen molar-refractivity contribution in [2.45, 2.75) is 39.0 Å². The summed E-state index contributed by atoms with van der Waals surface area (Å²) in [6.45, 7) is 10.8. The number of nitrogens with one attached hydrogen (secondary N) is 1. The van der Waals surface area contributed by atoms with Gasteiger partial charge in [-0.2, -0.15) is 5.10 Å². The molecule has 0 spiro atoms. The molecule has 2 aliphatic rings. The number of rotatable bonds is 4. The topological polar surface area (TPSA) is 54.2 Å². The molecule has 1 fully saturated rings. The number of fused-ring (bicyclic) bond motifs is 1. The van der Waals surface area contributed by atoms with Gasteiger partial charge >= 0.3 is 0 Å². The number of imidazole rings is 1. The molecule has 0 aromatic carbocycles. The van der Waals surface area contributed by atoms with Crippen LogP contribution in [0.5, 0.6) is 0 Å². The molecular formula is C18H29N7. The van der Waals surface area contributed by atoms with E-state index in [0.717, 1.165) is 70.3 Å². The molecule has 2 aliphatic heterocycles. The Hall–Kier alpha value is -1.70. The van der Waals surface area contributed by atoms with Crippen LogP contribution in [0.2, 0.25) is 0 Å². The van der Waals surface area contributed by atoms with E-state index in [0.29, 0.717) is 6.04 Å². The van der Waals surface area contributed by atoms with Crippen LogP contribution in [-0.2, 0) is 19.6 Å². The molecule has 0 saturated carbocycles. The second-order valence-corrected chi connectivity index (χ2v) is 7.37. The van der Waals surface area contributed by atoms with Crippen molar-refractivity contribution < 1.29 is 0 Å². The van der Waals surface area contributed by atoms with E-state index in [9.17, 15) is 0 Å². The zero-order valence-electron chi connectivity index (χ0n) is 15.4. The highest BCUT2D eigenvalue weighted by Crippen LogP contribution is 2.20. The van der Waals surface area contributed by atoms with Gasteiger partial charge in [-0.25, -0.2) is 4.98 Å². The molecule has 1 N–H and O–H groups in total. The second kappa shape index (κ2) is 7.27. The highest BCUT2D eigenvalue weighted by molar-refractivity contribution is 5.50. The van der Waals surface area contributed by atoms with E-state index in [4.69, 9.17) is 5.10 Å². The first-order valence-electron chi connectivity index (χ1n) is 9.42. The van der Waals surface area contributed by atoms with E-state index in [-0.39, 0.29) is 0 Å². The molecule has 4 rings (SSSR count). The van der Waals surface area contributed by atoms with Gasteiger partial charge in [0.25, 0.3) is 0 Å². The van der Waals surface area contributed by atoms with Crippen LogP contribution in [0.3, 0.4) is 0 Å².